The lowest BCUT2D eigenvalue weighted by Crippen LogP contribution is -2.22. The van der Waals surface area contributed by atoms with Gasteiger partial charge in [0.2, 0.25) is 0 Å². The fourth-order valence-corrected chi connectivity index (χ4v) is 2.13. The zero-order valence-electron chi connectivity index (χ0n) is 11.7. The number of furan rings is 1. The largest absolute Gasteiger partial charge is 0.468 e. The predicted octanol–water partition coefficient (Wildman–Crippen LogP) is 3.02. The van der Waals surface area contributed by atoms with Gasteiger partial charge in [-0.2, -0.15) is 0 Å². The van der Waals surface area contributed by atoms with Gasteiger partial charge in [-0.15, -0.1) is 0 Å². The van der Waals surface area contributed by atoms with Crippen LogP contribution >= 0.6 is 0 Å². The van der Waals surface area contributed by atoms with Crippen LogP contribution in [-0.2, 0) is 19.6 Å². The number of hydrogen-bond donors (Lipinski definition) is 1. The predicted molar refractivity (Wildman–Crippen MR) is 77.7 cm³/mol. The molecule has 0 unspecified atom stereocenters. The van der Waals surface area contributed by atoms with Gasteiger partial charge < -0.3 is 9.73 Å². The summed E-state index contributed by atoms with van der Waals surface area (Å²) in [4.78, 5) is 2.37. The topological polar surface area (TPSA) is 28.4 Å². The Kier molecular flexibility index (Phi) is 5.19. The van der Waals surface area contributed by atoms with E-state index >= 15 is 0 Å². The van der Waals surface area contributed by atoms with Gasteiger partial charge >= 0.3 is 0 Å². The first-order valence-corrected chi connectivity index (χ1v) is 6.79. The monoisotopic (exact) mass is 258 g/mol. The van der Waals surface area contributed by atoms with E-state index in [0.29, 0.717) is 0 Å². The Morgan fingerprint density at radius 2 is 1.79 bits per heavy atom. The molecule has 1 aromatic heterocycles. The lowest BCUT2D eigenvalue weighted by atomic mass is 10.1. The van der Waals surface area contributed by atoms with E-state index in [-0.39, 0.29) is 0 Å². The zero-order valence-corrected chi connectivity index (χ0v) is 11.7. The van der Waals surface area contributed by atoms with Crippen LogP contribution in [0.2, 0.25) is 0 Å². The first kappa shape index (κ1) is 13.8. The van der Waals surface area contributed by atoms with E-state index in [2.05, 4.69) is 41.4 Å². The van der Waals surface area contributed by atoms with Crippen LogP contribution in [0.3, 0.4) is 0 Å². The normalized spacial score (nSPS) is 11.1. The van der Waals surface area contributed by atoms with E-state index in [0.717, 1.165) is 31.9 Å². The maximum atomic E-state index is 5.40. The van der Waals surface area contributed by atoms with E-state index in [1.807, 2.05) is 19.2 Å². The molecule has 102 valence electrons. The highest BCUT2D eigenvalue weighted by atomic mass is 16.3. The summed E-state index contributed by atoms with van der Waals surface area (Å²) < 4.78 is 5.40. The standard InChI is InChI=1S/C16H22N2O/c1-3-18(13-16-5-4-10-19-16)12-15-8-6-14(7-9-15)11-17-2/h4-10,17H,3,11-13H2,1-2H3. The lowest BCUT2D eigenvalue weighted by Gasteiger charge is -2.19. The average Bonchev–Trinajstić information content (AvgIpc) is 2.93. The Hall–Kier alpha value is -1.58. The number of rotatable bonds is 7. The van der Waals surface area contributed by atoms with E-state index in [4.69, 9.17) is 4.42 Å². The number of benzene rings is 1. The molecule has 0 radical (unpaired) electrons. The van der Waals surface area contributed by atoms with Gasteiger partial charge in [0.1, 0.15) is 5.76 Å². The molecule has 0 saturated heterocycles. The van der Waals surface area contributed by atoms with Gasteiger partial charge in [0.05, 0.1) is 12.8 Å². The minimum atomic E-state index is 0.863. The van der Waals surface area contributed by atoms with E-state index < -0.39 is 0 Å². The van der Waals surface area contributed by atoms with Crippen molar-refractivity contribution in [1.82, 2.24) is 10.2 Å². The molecule has 1 aromatic carbocycles. The molecule has 0 aliphatic heterocycles. The van der Waals surface area contributed by atoms with Crippen LogP contribution in [0.15, 0.2) is 47.1 Å². The second-order valence-corrected chi connectivity index (χ2v) is 4.73. The number of hydrogen-bond acceptors (Lipinski definition) is 3. The van der Waals surface area contributed by atoms with Crippen LogP contribution in [0.25, 0.3) is 0 Å². The van der Waals surface area contributed by atoms with Gasteiger partial charge in [-0.05, 0) is 36.9 Å². The van der Waals surface area contributed by atoms with Gasteiger partial charge in [0.25, 0.3) is 0 Å². The molecular formula is C16H22N2O. The molecule has 0 aliphatic carbocycles. The molecular weight excluding hydrogens is 236 g/mol. The van der Waals surface area contributed by atoms with Crippen LogP contribution in [0.5, 0.6) is 0 Å². The number of nitrogens with zero attached hydrogens (tertiary/aromatic N) is 1. The average molecular weight is 258 g/mol. The van der Waals surface area contributed by atoms with Crippen molar-refractivity contribution in [3.63, 3.8) is 0 Å². The van der Waals surface area contributed by atoms with Gasteiger partial charge in [0, 0.05) is 13.1 Å². The summed E-state index contributed by atoms with van der Waals surface area (Å²) in [5, 5.41) is 3.16. The molecule has 0 saturated carbocycles. The van der Waals surface area contributed by atoms with Crippen LogP contribution in [0.1, 0.15) is 23.8 Å². The summed E-state index contributed by atoms with van der Waals surface area (Å²) in [6.45, 7) is 5.93. The zero-order chi connectivity index (χ0) is 13.5. The molecule has 2 rings (SSSR count). The molecule has 0 aliphatic rings. The van der Waals surface area contributed by atoms with Crippen molar-refractivity contribution >= 4 is 0 Å². The SMILES string of the molecule is CCN(Cc1ccc(CNC)cc1)Cc1ccco1. The summed E-state index contributed by atoms with van der Waals surface area (Å²) in [7, 11) is 1.97. The van der Waals surface area contributed by atoms with Crippen molar-refractivity contribution in [2.24, 2.45) is 0 Å². The van der Waals surface area contributed by atoms with Crippen molar-refractivity contribution in [2.45, 2.75) is 26.6 Å². The summed E-state index contributed by atoms with van der Waals surface area (Å²) in [6, 6.07) is 12.8. The van der Waals surface area contributed by atoms with Crippen LogP contribution < -0.4 is 5.32 Å². The second kappa shape index (κ2) is 7.12. The highest BCUT2D eigenvalue weighted by Gasteiger charge is 2.06. The maximum Gasteiger partial charge on any atom is 0.117 e. The molecule has 2 aromatic rings. The quantitative estimate of drug-likeness (QED) is 0.827. The first-order chi connectivity index (χ1) is 9.31. The van der Waals surface area contributed by atoms with Crippen molar-refractivity contribution in [3.05, 3.63) is 59.5 Å². The van der Waals surface area contributed by atoms with Crippen molar-refractivity contribution in [1.29, 1.82) is 0 Å². The van der Waals surface area contributed by atoms with E-state index in [1.165, 1.54) is 11.1 Å². The highest BCUT2D eigenvalue weighted by molar-refractivity contribution is 5.22. The molecule has 3 nitrogen and oxygen atoms in total. The van der Waals surface area contributed by atoms with Crippen LogP contribution in [0, 0.1) is 0 Å². The molecule has 0 amide bonds. The number of nitrogens with one attached hydrogen (secondary N) is 1. The molecule has 3 heteroatoms. The van der Waals surface area contributed by atoms with Crippen molar-refractivity contribution < 1.29 is 4.42 Å². The third kappa shape index (κ3) is 4.23. The smallest absolute Gasteiger partial charge is 0.117 e. The molecule has 1 N–H and O–H groups in total. The molecule has 0 spiro atoms. The Balaban J connectivity index is 1.94. The molecule has 0 bridgehead atoms. The minimum absolute atomic E-state index is 0.863. The lowest BCUT2D eigenvalue weighted by molar-refractivity contribution is 0.248. The molecule has 19 heavy (non-hydrogen) atoms. The van der Waals surface area contributed by atoms with Gasteiger partial charge in [0.15, 0.2) is 0 Å². The summed E-state index contributed by atoms with van der Waals surface area (Å²) in [6.07, 6.45) is 1.73. The fraction of sp³-hybridized carbons (Fsp3) is 0.375. The van der Waals surface area contributed by atoms with E-state index in [1.54, 1.807) is 6.26 Å². The Morgan fingerprint density at radius 3 is 2.37 bits per heavy atom. The summed E-state index contributed by atoms with van der Waals surface area (Å²) >= 11 is 0. The first-order valence-electron chi connectivity index (χ1n) is 6.79. The third-order valence-electron chi connectivity index (χ3n) is 3.22. The highest BCUT2D eigenvalue weighted by Crippen LogP contribution is 2.11. The fourth-order valence-electron chi connectivity index (χ4n) is 2.13. The Bertz CT molecular complexity index is 462. The van der Waals surface area contributed by atoms with Crippen LogP contribution in [-0.4, -0.2) is 18.5 Å². The molecule has 0 atom stereocenters. The third-order valence-corrected chi connectivity index (χ3v) is 3.22. The summed E-state index contributed by atoms with van der Waals surface area (Å²) in [5.74, 6) is 1.02. The Labute approximate surface area is 115 Å². The Morgan fingerprint density at radius 1 is 1.05 bits per heavy atom. The molecule has 1 heterocycles. The van der Waals surface area contributed by atoms with Crippen molar-refractivity contribution in [3.8, 4) is 0 Å². The maximum absolute atomic E-state index is 5.40. The summed E-state index contributed by atoms with van der Waals surface area (Å²) in [5.41, 5.74) is 2.66. The van der Waals surface area contributed by atoms with Gasteiger partial charge in [-0.25, -0.2) is 0 Å². The molecule has 0 fully saturated rings. The van der Waals surface area contributed by atoms with Gasteiger partial charge in [-0.1, -0.05) is 31.2 Å². The van der Waals surface area contributed by atoms with Gasteiger partial charge in [-0.3, -0.25) is 4.90 Å². The second-order valence-electron chi connectivity index (χ2n) is 4.73. The van der Waals surface area contributed by atoms with Crippen molar-refractivity contribution in [2.75, 3.05) is 13.6 Å². The van der Waals surface area contributed by atoms with E-state index in [9.17, 15) is 0 Å². The van der Waals surface area contributed by atoms with Crippen LogP contribution in [0.4, 0.5) is 0 Å². The minimum Gasteiger partial charge on any atom is -0.468 e.